The molecule has 23 heavy (non-hydrogen) atoms. The van der Waals surface area contributed by atoms with Gasteiger partial charge in [0.25, 0.3) is 5.91 Å². The van der Waals surface area contributed by atoms with Gasteiger partial charge in [0, 0.05) is 18.8 Å². The third kappa shape index (κ3) is 3.38. The average molecular weight is 322 g/mol. The van der Waals surface area contributed by atoms with Crippen molar-refractivity contribution in [3.05, 3.63) is 22.5 Å². The molecule has 1 atom stereocenters. The maximum Gasteiger partial charge on any atom is 0.340 e. The zero-order chi connectivity index (χ0) is 17.1. The number of piperidine rings is 1. The van der Waals surface area contributed by atoms with Crippen LogP contribution in [-0.2, 0) is 9.53 Å². The van der Waals surface area contributed by atoms with Crippen LogP contribution in [0.3, 0.4) is 0 Å². The first-order chi connectivity index (χ1) is 10.9. The molecule has 2 heterocycles. The van der Waals surface area contributed by atoms with Gasteiger partial charge in [-0.3, -0.25) is 9.59 Å². The van der Waals surface area contributed by atoms with Crippen molar-refractivity contribution in [2.75, 3.05) is 19.7 Å². The second-order valence-corrected chi connectivity index (χ2v) is 5.77. The number of amides is 1. The molecule has 1 fully saturated rings. The minimum absolute atomic E-state index is 0.195. The lowest BCUT2D eigenvalue weighted by Crippen LogP contribution is -2.42. The number of aromatic amines is 1. The summed E-state index contributed by atoms with van der Waals surface area (Å²) < 4.78 is 5.02. The third-order valence-corrected chi connectivity index (χ3v) is 4.19. The van der Waals surface area contributed by atoms with E-state index in [-0.39, 0.29) is 19.1 Å². The Hall–Kier alpha value is -2.31. The van der Waals surface area contributed by atoms with Gasteiger partial charge >= 0.3 is 11.9 Å². The lowest BCUT2D eigenvalue weighted by molar-refractivity contribution is -0.143. The van der Waals surface area contributed by atoms with E-state index in [0.717, 1.165) is 0 Å². The van der Waals surface area contributed by atoms with Crippen molar-refractivity contribution in [3.8, 4) is 0 Å². The number of nitrogens with zero attached hydrogens (tertiary/aromatic N) is 1. The number of carbonyl (C=O) groups is 3. The molecule has 1 aromatic heterocycles. The third-order valence-electron chi connectivity index (χ3n) is 4.19. The van der Waals surface area contributed by atoms with Crippen LogP contribution in [0.5, 0.6) is 0 Å². The Kier molecular flexibility index (Phi) is 5.08. The van der Waals surface area contributed by atoms with E-state index in [2.05, 4.69) is 4.98 Å². The highest BCUT2D eigenvalue weighted by Gasteiger charge is 2.31. The number of carbonyl (C=O) groups excluding carboxylic acids is 2. The van der Waals surface area contributed by atoms with Gasteiger partial charge in [-0.2, -0.15) is 0 Å². The molecule has 1 aliphatic rings. The van der Waals surface area contributed by atoms with Crippen molar-refractivity contribution < 1.29 is 24.2 Å². The Morgan fingerprint density at radius 2 is 2.04 bits per heavy atom. The maximum atomic E-state index is 12.7. The molecule has 0 spiro atoms. The average Bonchev–Trinajstić information content (AvgIpc) is 2.81. The Morgan fingerprint density at radius 1 is 1.35 bits per heavy atom. The number of nitrogens with one attached hydrogen (secondary N) is 1. The van der Waals surface area contributed by atoms with Crippen LogP contribution in [0.1, 0.15) is 51.9 Å². The molecular formula is C16H22N2O5. The Bertz CT molecular complexity index is 635. The highest BCUT2D eigenvalue weighted by atomic mass is 16.5. The highest BCUT2D eigenvalue weighted by Crippen LogP contribution is 2.23. The van der Waals surface area contributed by atoms with Gasteiger partial charge in [-0.25, -0.2) is 4.79 Å². The van der Waals surface area contributed by atoms with Crippen LogP contribution >= 0.6 is 0 Å². The number of rotatable bonds is 4. The smallest absolute Gasteiger partial charge is 0.340 e. The van der Waals surface area contributed by atoms with Gasteiger partial charge < -0.3 is 19.7 Å². The lowest BCUT2D eigenvalue weighted by atomic mass is 9.98. The number of likely N-dealkylation sites (tertiary alicyclic amines) is 1. The number of aryl methyl sites for hydroxylation is 1. The van der Waals surface area contributed by atoms with Crippen LogP contribution in [-0.4, -0.2) is 52.5 Å². The largest absolute Gasteiger partial charge is 0.481 e. The van der Waals surface area contributed by atoms with Gasteiger partial charge in [0.05, 0.1) is 18.1 Å². The molecule has 0 saturated carbocycles. The minimum Gasteiger partial charge on any atom is -0.481 e. The van der Waals surface area contributed by atoms with E-state index in [9.17, 15) is 14.4 Å². The van der Waals surface area contributed by atoms with Crippen LogP contribution < -0.4 is 0 Å². The molecular weight excluding hydrogens is 300 g/mol. The lowest BCUT2D eigenvalue weighted by Gasteiger charge is -2.30. The molecule has 0 bridgehead atoms. The first kappa shape index (κ1) is 17.1. The van der Waals surface area contributed by atoms with Gasteiger partial charge in [-0.1, -0.05) is 0 Å². The molecule has 1 aromatic rings. The van der Waals surface area contributed by atoms with Gasteiger partial charge in [0.15, 0.2) is 0 Å². The second-order valence-electron chi connectivity index (χ2n) is 5.77. The van der Waals surface area contributed by atoms with Crippen LogP contribution in [0.2, 0.25) is 0 Å². The standard InChI is InChI=1S/C16H22N2O5/c1-4-23-16(22)12-9(2)13(17-10(12)3)14(19)18-7-5-6-11(8-18)15(20)21/h11,17H,4-8H2,1-3H3,(H,20,21)/t11-/m0/s1. The summed E-state index contributed by atoms with van der Waals surface area (Å²) in [5, 5.41) is 9.14. The molecule has 0 aliphatic carbocycles. The fourth-order valence-electron chi connectivity index (χ4n) is 2.99. The van der Waals surface area contributed by atoms with E-state index in [1.54, 1.807) is 20.8 Å². The molecule has 1 amide bonds. The Balaban J connectivity index is 2.24. The van der Waals surface area contributed by atoms with E-state index in [0.29, 0.717) is 41.9 Å². The number of carboxylic acids is 1. The number of hydrogen-bond acceptors (Lipinski definition) is 4. The summed E-state index contributed by atoms with van der Waals surface area (Å²) >= 11 is 0. The summed E-state index contributed by atoms with van der Waals surface area (Å²) in [4.78, 5) is 40.3. The second kappa shape index (κ2) is 6.85. The first-order valence-corrected chi connectivity index (χ1v) is 7.75. The minimum atomic E-state index is -0.880. The molecule has 2 rings (SSSR count). The van der Waals surface area contributed by atoms with Gasteiger partial charge in [-0.05, 0) is 39.2 Å². The molecule has 2 N–H and O–H groups in total. The number of H-pyrrole nitrogens is 1. The fraction of sp³-hybridized carbons (Fsp3) is 0.562. The molecule has 0 aromatic carbocycles. The number of aromatic nitrogens is 1. The van der Waals surface area contributed by atoms with Crippen molar-refractivity contribution in [1.82, 2.24) is 9.88 Å². The molecule has 0 unspecified atom stereocenters. The van der Waals surface area contributed by atoms with Crippen molar-refractivity contribution in [3.63, 3.8) is 0 Å². The Labute approximate surface area is 134 Å². The van der Waals surface area contributed by atoms with Crippen LogP contribution in [0, 0.1) is 19.8 Å². The quantitative estimate of drug-likeness (QED) is 0.823. The number of hydrogen-bond donors (Lipinski definition) is 2. The maximum absolute atomic E-state index is 12.7. The van der Waals surface area contributed by atoms with Gasteiger partial charge in [-0.15, -0.1) is 0 Å². The molecule has 7 nitrogen and oxygen atoms in total. The van der Waals surface area contributed by atoms with Crippen LogP contribution in [0.15, 0.2) is 0 Å². The summed E-state index contributed by atoms with van der Waals surface area (Å²) in [6.07, 6.45) is 1.24. The summed E-state index contributed by atoms with van der Waals surface area (Å²) in [5.41, 5.74) is 1.83. The van der Waals surface area contributed by atoms with E-state index >= 15 is 0 Å². The SMILES string of the molecule is CCOC(=O)c1c(C)[nH]c(C(=O)N2CCC[C@H](C(=O)O)C2)c1C. The van der Waals surface area contributed by atoms with Crippen molar-refractivity contribution >= 4 is 17.8 Å². The predicted octanol–water partition coefficient (Wildman–Crippen LogP) is 1.75. The number of aliphatic carboxylic acids is 1. The normalized spacial score (nSPS) is 17.9. The summed E-state index contributed by atoms with van der Waals surface area (Å²) in [7, 11) is 0. The zero-order valence-corrected chi connectivity index (χ0v) is 13.6. The van der Waals surface area contributed by atoms with E-state index in [4.69, 9.17) is 9.84 Å². The zero-order valence-electron chi connectivity index (χ0n) is 13.6. The summed E-state index contributed by atoms with van der Waals surface area (Å²) in [5.74, 6) is -2.14. The van der Waals surface area contributed by atoms with Gasteiger partial charge in [0.2, 0.25) is 0 Å². The molecule has 7 heteroatoms. The number of ether oxygens (including phenoxy) is 1. The van der Waals surface area contributed by atoms with Crippen molar-refractivity contribution in [2.24, 2.45) is 5.92 Å². The summed E-state index contributed by atoms with van der Waals surface area (Å²) in [6, 6.07) is 0. The highest BCUT2D eigenvalue weighted by molar-refractivity contribution is 6.00. The fourth-order valence-corrected chi connectivity index (χ4v) is 2.99. The van der Waals surface area contributed by atoms with Crippen LogP contribution in [0.25, 0.3) is 0 Å². The number of carboxylic acid groups (broad SMARTS) is 1. The molecule has 1 aliphatic heterocycles. The molecule has 126 valence electrons. The molecule has 1 saturated heterocycles. The molecule has 0 radical (unpaired) electrons. The van der Waals surface area contributed by atoms with E-state index < -0.39 is 17.9 Å². The van der Waals surface area contributed by atoms with Gasteiger partial charge in [0.1, 0.15) is 5.69 Å². The van der Waals surface area contributed by atoms with Crippen LogP contribution in [0.4, 0.5) is 0 Å². The number of esters is 1. The first-order valence-electron chi connectivity index (χ1n) is 7.75. The summed E-state index contributed by atoms with van der Waals surface area (Å²) in [6.45, 7) is 6.11. The Morgan fingerprint density at radius 3 is 2.65 bits per heavy atom. The topological polar surface area (TPSA) is 99.7 Å². The van der Waals surface area contributed by atoms with E-state index in [1.165, 1.54) is 4.90 Å². The van der Waals surface area contributed by atoms with Crippen molar-refractivity contribution in [2.45, 2.75) is 33.6 Å². The van der Waals surface area contributed by atoms with E-state index in [1.807, 2.05) is 0 Å². The van der Waals surface area contributed by atoms with Crippen molar-refractivity contribution in [1.29, 1.82) is 0 Å². The predicted molar refractivity (Wildman–Crippen MR) is 82.5 cm³/mol. The monoisotopic (exact) mass is 322 g/mol.